The standard InChI is InChI=1S/C19H23N5O2/c1-4-5-11-20-16(25)12-15-13(2)23(3)19-21-17(22-24(19)18(15)26)14-9-7-6-8-10-14/h6-10H,4-5,11-12H2,1-3H3,(H,20,25). The van der Waals surface area contributed by atoms with Crippen LogP contribution < -0.4 is 10.9 Å². The number of hydrogen-bond acceptors (Lipinski definition) is 4. The maximum Gasteiger partial charge on any atom is 0.279 e. The molecule has 7 nitrogen and oxygen atoms in total. The monoisotopic (exact) mass is 353 g/mol. The van der Waals surface area contributed by atoms with Crippen LogP contribution in [0.4, 0.5) is 0 Å². The third-order valence-electron chi connectivity index (χ3n) is 4.50. The molecule has 2 heterocycles. The Hall–Kier alpha value is -2.96. The Labute approximate surface area is 151 Å². The van der Waals surface area contributed by atoms with Gasteiger partial charge in [-0.15, -0.1) is 5.10 Å². The molecule has 1 amide bonds. The van der Waals surface area contributed by atoms with Crippen LogP contribution in [0.5, 0.6) is 0 Å². The number of amides is 1. The molecular formula is C19H23N5O2. The number of unbranched alkanes of at least 4 members (excludes halogenated alkanes) is 1. The van der Waals surface area contributed by atoms with E-state index >= 15 is 0 Å². The zero-order chi connectivity index (χ0) is 18.7. The maximum absolute atomic E-state index is 12.9. The average molecular weight is 353 g/mol. The van der Waals surface area contributed by atoms with Crippen molar-refractivity contribution in [3.63, 3.8) is 0 Å². The lowest BCUT2D eigenvalue weighted by Gasteiger charge is -2.11. The van der Waals surface area contributed by atoms with Gasteiger partial charge < -0.3 is 9.88 Å². The van der Waals surface area contributed by atoms with Gasteiger partial charge in [-0.05, 0) is 13.3 Å². The highest BCUT2D eigenvalue weighted by Gasteiger charge is 2.18. The van der Waals surface area contributed by atoms with Crippen molar-refractivity contribution in [2.24, 2.45) is 7.05 Å². The first kappa shape index (κ1) is 17.8. The number of benzene rings is 1. The first-order valence-electron chi connectivity index (χ1n) is 8.80. The second-order valence-corrected chi connectivity index (χ2v) is 6.32. The largest absolute Gasteiger partial charge is 0.356 e. The van der Waals surface area contributed by atoms with Crippen LogP contribution in [0.1, 0.15) is 31.0 Å². The fourth-order valence-electron chi connectivity index (χ4n) is 2.83. The zero-order valence-electron chi connectivity index (χ0n) is 15.3. The van der Waals surface area contributed by atoms with Crippen molar-refractivity contribution in [2.45, 2.75) is 33.1 Å². The van der Waals surface area contributed by atoms with Crippen molar-refractivity contribution in [3.8, 4) is 11.4 Å². The van der Waals surface area contributed by atoms with E-state index in [-0.39, 0.29) is 17.9 Å². The highest BCUT2D eigenvalue weighted by Crippen LogP contribution is 2.16. The van der Waals surface area contributed by atoms with E-state index < -0.39 is 0 Å². The molecule has 0 radical (unpaired) electrons. The van der Waals surface area contributed by atoms with E-state index in [4.69, 9.17) is 0 Å². The summed E-state index contributed by atoms with van der Waals surface area (Å²) in [5, 5.41) is 7.22. The van der Waals surface area contributed by atoms with E-state index in [1.165, 1.54) is 4.52 Å². The van der Waals surface area contributed by atoms with E-state index in [9.17, 15) is 9.59 Å². The average Bonchev–Trinajstić information content (AvgIpc) is 3.10. The number of nitrogens with zero attached hydrogens (tertiary/aromatic N) is 4. The minimum atomic E-state index is -0.295. The van der Waals surface area contributed by atoms with Crippen molar-refractivity contribution < 1.29 is 4.79 Å². The molecule has 0 aliphatic heterocycles. The summed E-state index contributed by atoms with van der Waals surface area (Å²) in [6.07, 6.45) is 1.97. The van der Waals surface area contributed by atoms with E-state index in [1.807, 2.05) is 44.3 Å². The van der Waals surface area contributed by atoms with Crippen LogP contribution >= 0.6 is 0 Å². The molecule has 0 atom stereocenters. The molecule has 26 heavy (non-hydrogen) atoms. The normalized spacial score (nSPS) is 11.0. The summed E-state index contributed by atoms with van der Waals surface area (Å²) < 4.78 is 3.08. The highest BCUT2D eigenvalue weighted by molar-refractivity contribution is 5.78. The van der Waals surface area contributed by atoms with Crippen LogP contribution in [0.3, 0.4) is 0 Å². The first-order chi connectivity index (χ1) is 12.5. The van der Waals surface area contributed by atoms with E-state index in [2.05, 4.69) is 22.3 Å². The van der Waals surface area contributed by atoms with Gasteiger partial charge in [0.15, 0.2) is 5.82 Å². The molecule has 0 spiro atoms. The Balaban J connectivity index is 2.01. The molecule has 1 N–H and O–H groups in total. The number of fused-ring (bicyclic) bond motifs is 1. The number of carbonyl (C=O) groups is 1. The topological polar surface area (TPSA) is 81.3 Å². The number of aryl methyl sites for hydroxylation is 1. The number of nitrogens with one attached hydrogen (secondary N) is 1. The zero-order valence-corrected chi connectivity index (χ0v) is 15.3. The molecule has 1 aromatic carbocycles. The molecule has 0 fully saturated rings. The predicted octanol–water partition coefficient (Wildman–Crippen LogP) is 1.86. The molecule has 3 aromatic rings. The second-order valence-electron chi connectivity index (χ2n) is 6.32. The molecule has 2 aromatic heterocycles. The minimum absolute atomic E-state index is 0.0404. The van der Waals surface area contributed by atoms with E-state index in [0.29, 0.717) is 23.7 Å². The quantitative estimate of drug-likeness (QED) is 0.686. The number of rotatable bonds is 6. The molecule has 0 aliphatic rings. The van der Waals surface area contributed by atoms with Gasteiger partial charge in [-0.25, -0.2) is 0 Å². The van der Waals surface area contributed by atoms with E-state index in [0.717, 1.165) is 24.1 Å². The van der Waals surface area contributed by atoms with Crippen molar-refractivity contribution >= 4 is 11.7 Å². The van der Waals surface area contributed by atoms with Crippen LogP contribution in [-0.2, 0) is 18.3 Å². The molecular weight excluding hydrogens is 330 g/mol. The second kappa shape index (κ2) is 7.51. The fourth-order valence-corrected chi connectivity index (χ4v) is 2.83. The lowest BCUT2D eigenvalue weighted by atomic mass is 10.1. The van der Waals surface area contributed by atoms with Gasteiger partial charge in [0, 0.05) is 30.4 Å². The van der Waals surface area contributed by atoms with Gasteiger partial charge in [0.05, 0.1) is 6.42 Å². The summed E-state index contributed by atoms with van der Waals surface area (Å²) in [6.45, 7) is 4.51. The van der Waals surface area contributed by atoms with Gasteiger partial charge in [-0.1, -0.05) is 43.7 Å². The summed E-state index contributed by atoms with van der Waals surface area (Å²) in [6, 6.07) is 9.51. The third kappa shape index (κ3) is 3.37. The Kier molecular flexibility index (Phi) is 5.16. The van der Waals surface area contributed by atoms with Gasteiger partial charge in [0.1, 0.15) is 0 Å². The van der Waals surface area contributed by atoms with Crippen LogP contribution in [0, 0.1) is 6.92 Å². The Morgan fingerprint density at radius 3 is 2.65 bits per heavy atom. The van der Waals surface area contributed by atoms with Crippen LogP contribution in [0.15, 0.2) is 35.1 Å². The number of aromatic nitrogens is 4. The van der Waals surface area contributed by atoms with Gasteiger partial charge in [0.2, 0.25) is 11.7 Å². The SMILES string of the molecule is CCCCNC(=O)Cc1c(C)n(C)c2nc(-c3ccccc3)nn2c1=O. The maximum atomic E-state index is 12.9. The van der Waals surface area contributed by atoms with Crippen molar-refractivity contribution in [2.75, 3.05) is 6.54 Å². The highest BCUT2D eigenvalue weighted by atomic mass is 16.2. The van der Waals surface area contributed by atoms with Crippen LogP contribution in [-0.4, -0.2) is 31.6 Å². The van der Waals surface area contributed by atoms with Crippen LogP contribution in [0.2, 0.25) is 0 Å². The molecule has 3 rings (SSSR count). The first-order valence-corrected chi connectivity index (χ1v) is 8.80. The Morgan fingerprint density at radius 2 is 1.96 bits per heavy atom. The lowest BCUT2D eigenvalue weighted by molar-refractivity contribution is -0.120. The number of hydrogen-bond donors (Lipinski definition) is 1. The lowest BCUT2D eigenvalue weighted by Crippen LogP contribution is -2.32. The van der Waals surface area contributed by atoms with Gasteiger partial charge in [0.25, 0.3) is 5.56 Å². The Morgan fingerprint density at radius 1 is 1.23 bits per heavy atom. The fraction of sp³-hybridized carbons (Fsp3) is 0.368. The van der Waals surface area contributed by atoms with Crippen LogP contribution in [0.25, 0.3) is 17.2 Å². The summed E-state index contributed by atoms with van der Waals surface area (Å²) in [5.74, 6) is 0.796. The van der Waals surface area contributed by atoms with Crippen molar-refractivity contribution in [1.82, 2.24) is 24.5 Å². The molecule has 136 valence electrons. The number of carbonyl (C=O) groups excluding carboxylic acids is 1. The summed E-state index contributed by atoms with van der Waals surface area (Å²) in [7, 11) is 1.83. The molecule has 7 heteroatoms. The summed E-state index contributed by atoms with van der Waals surface area (Å²) >= 11 is 0. The molecule has 0 unspecified atom stereocenters. The van der Waals surface area contributed by atoms with Gasteiger partial charge in [-0.3, -0.25) is 9.59 Å². The summed E-state index contributed by atoms with van der Waals surface area (Å²) in [4.78, 5) is 29.5. The van der Waals surface area contributed by atoms with Crippen molar-refractivity contribution in [1.29, 1.82) is 0 Å². The summed E-state index contributed by atoms with van der Waals surface area (Å²) in [5.41, 5.74) is 1.71. The predicted molar refractivity (Wildman–Crippen MR) is 100 cm³/mol. The van der Waals surface area contributed by atoms with E-state index in [1.54, 1.807) is 4.57 Å². The van der Waals surface area contributed by atoms with Gasteiger partial charge >= 0.3 is 0 Å². The molecule has 0 aliphatic carbocycles. The molecule has 0 saturated carbocycles. The smallest absolute Gasteiger partial charge is 0.279 e. The molecule has 0 bridgehead atoms. The minimum Gasteiger partial charge on any atom is -0.356 e. The van der Waals surface area contributed by atoms with Gasteiger partial charge in [-0.2, -0.15) is 9.50 Å². The Bertz CT molecular complexity index is 989. The third-order valence-corrected chi connectivity index (χ3v) is 4.50. The molecule has 0 saturated heterocycles. The van der Waals surface area contributed by atoms with Crippen molar-refractivity contribution in [3.05, 3.63) is 51.9 Å².